The number of anilines is 2. The summed E-state index contributed by atoms with van der Waals surface area (Å²) in [6, 6.07) is 16.2. The fourth-order valence-corrected chi connectivity index (χ4v) is 5.86. The first kappa shape index (κ1) is 28.8. The van der Waals surface area contributed by atoms with Gasteiger partial charge in [0.05, 0.1) is 53.2 Å². The summed E-state index contributed by atoms with van der Waals surface area (Å²) in [6.45, 7) is 3.07. The summed E-state index contributed by atoms with van der Waals surface area (Å²) < 4.78 is 2.13. The van der Waals surface area contributed by atoms with Crippen molar-refractivity contribution in [3.63, 3.8) is 0 Å². The number of amides is 2. The van der Waals surface area contributed by atoms with E-state index in [1.807, 2.05) is 49.6 Å². The minimum Gasteiger partial charge on any atom is -0.393 e. The van der Waals surface area contributed by atoms with Crippen LogP contribution in [-0.2, 0) is 22.7 Å². The molecule has 226 valence electrons. The molecule has 2 fully saturated rings. The number of nitriles is 1. The number of rotatable bonds is 9. The topological polar surface area (TPSA) is 170 Å². The number of likely N-dealkylation sites (N-methyl/N-ethyl adjacent to an activating group) is 1. The molecule has 0 atom stereocenters. The van der Waals surface area contributed by atoms with Crippen molar-refractivity contribution in [1.29, 1.82) is 5.26 Å². The Morgan fingerprint density at radius 1 is 1.11 bits per heavy atom. The van der Waals surface area contributed by atoms with E-state index in [0.29, 0.717) is 12.1 Å². The van der Waals surface area contributed by atoms with Gasteiger partial charge in [0.15, 0.2) is 0 Å². The van der Waals surface area contributed by atoms with Crippen molar-refractivity contribution >= 4 is 23.2 Å². The highest BCUT2D eigenvalue weighted by Gasteiger charge is 2.34. The Labute approximate surface area is 256 Å². The molecule has 44 heavy (non-hydrogen) atoms. The fraction of sp³-hybridized carbons (Fsp3) is 0.312. The molecule has 0 bridgehead atoms. The van der Waals surface area contributed by atoms with Gasteiger partial charge in [-0.3, -0.25) is 19.2 Å². The Morgan fingerprint density at radius 2 is 1.89 bits per heavy atom. The summed E-state index contributed by atoms with van der Waals surface area (Å²) in [5.41, 5.74) is 19.2. The lowest BCUT2D eigenvalue weighted by Gasteiger charge is -2.41. The summed E-state index contributed by atoms with van der Waals surface area (Å²) in [7, 11) is 3.51. The SMILES string of the molecule is CNC(=O)/C(N)=C(/C=C(\N)NC(=O)C1CC1)Nc1cccc2c1N(C)Cc1c-2cnn1C1CN(Cc2ccccc2C#N)C1. The van der Waals surface area contributed by atoms with Crippen LogP contribution in [-0.4, -0.2) is 53.7 Å². The zero-order valence-corrected chi connectivity index (χ0v) is 24.8. The highest BCUT2D eigenvalue weighted by Crippen LogP contribution is 2.44. The van der Waals surface area contributed by atoms with Crippen LogP contribution in [0.15, 0.2) is 72.0 Å². The van der Waals surface area contributed by atoms with E-state index in [1.54, 1.807) is 0 Å². The number of hydrogen-bond donors (Lipinski definition) is 5. The predicted molar refractivity (Wildman–Crippen MR) is 167 cm³/mol. The first-order chi connectivity index (χ1) is 21.3. The maximum atomic E-state index is 12.5. The number of allylic oxidation sites excluding steroid dienone is 1. The molecule has 6 rings (SSSR count). The monoisotopic (exact) mass is 592 g/mol. The van der Waals surface area contributed by atoms with Crippen LogP contribution in [0, 0.1) is 17.2 Å². The summed E-state index contributed by atoms with van der Waals surface area (Å²) >= 11 is 0. The Balaban J connectivity index is 1.24. The molecule has 12 heteroatoms. The second-order valence-corrected chi connectivity index (χ2v) is 11.5. The van der Waals surface area contributed by atoms with Gasteiger partial charge in [0, 0.05) is 56.9 Å². The number of nitrogens with two attached hydrogens (primary N) is 2. The van der Waals surface area contributed by atoms with Gasteiger partial charge < -0.3 is 32.3 Å². The molecule has 7 N–H and O–H groups in total. The standard InChI is InChI=1S/C32H36N10O2/c1-36-32(44)29(35)26(12-28(34)39-31(43)19-10-11-19)38-25-9-5-8-23-24-14-37-42(27(24)18-40(2)30(23)25)22-16-41(17-22)15-21-7-4-3-6-20(21)13-33/h3-9,12,14,19,22,38H,10-11,15-18,34-35H2,1-2H3,(H,36,44)(H,39,43)/b28-12+,29-26+. The van der Waals surface area contributed by atoms with Crippen molar-refractivity contribution in [3.8, 4) is 17.2 Å². The Hall–Kier alpha value is -5.28. The maximum Gasteiger partial charge on any atom is 0.269 e. The molecule has 3 aromatic rings. The molecule has 12 nitrogen and oxygen atoms in total. The van der Waals surface area contributed by atoms with Crippen LogP contribution in [0.3, 0.4) is 0 Å². The highest BCUT2D eigenvalue weighted by atomic mass is 16.2. The fourth-order valence-electron chi connectivity index (χ4n) is 5.86. The Kier molecular flexibility index (Phi) is 7.71. The van der Waals surface area contributed by atoms with Crippen molar-refractivity contribution < 1.29 is 9.59 Å². The van der Waals surface area contributed by atoms with Gasteiger partial charge in [0.25, 0.3) is 5.91 Å². The summed E-state index contributed by atoms with van der Waals surface area (Å²) in [5, 5.41) is 22.8. The minimum absolute atomic E-state index is 0.0215. The number of carbonyl (C=O) groups is 2. The second kappa shape index (κ2) is 11.8. The molecular formula is C32H36N10O2. The van der Waals surface area contributed by atoms with E-state index in [9.17, 15) is 14.9 Å². The first-order valence-electron chi connectivity index (χ1n) is 14.7. The zero-order chi connectivity index (χ0) is 31.0. The van der Waals surface area contributed by atoms with E-state index >= 15 is 0 Å². The number of fused-ring (bicyclic) bond motifs is 3. The average Bonchev–Trinajstić information content (AvgIpc) is 3.78. The molecule has 1 saturated carbocycles. The van der Waals surface area contributed by atoms with Crippen molar-refractivity contribution in [2.24, 2.45) is 17.4 Å². The van der Waals surface area contributed by atoms with Crippen molar-refractivity contribution in [2.75, 3.05) is 37.4 Å². The van der Waals surface area contributed by atoms with Crippen molar-refractivity contribution in [3.05, 3.63) is 88.8 Å². The number of nitrogens with zero attached hydrogens (tertiary/aromatic N) is 5. The van der Waals surface area contributed by atoms with E-state index in [-0.39, 0.29) is 35.1 Å². The van der Waals surface area contributed by atoms with Gasteiger partial charge in [-0.05, 0) is 30.5 Å². The third kappa shape index (κ3) is 5.57. The normalized spacial score (nSPS) is 17.0. The number of likely N-dealkylation sites (tertiary alicyclic amines) is 1. The largest absolute Gasteiger partial charge is 0.393 e. The van der Waals surface area contributed by atoms with Gasteiger partial charge in [0.1, 0.15) is 11.5 Å². The summed E-state index contributed by atoms with van der Waals surface area (Å²) in [4.78, 5) is 29.2. The van der Waals surface area contributed by atoms with E-state index in [0.717, 1.165) is 66.2 Å². The molecule has 1 aromatic heterocycles. The number of benzene rings is 2. The molecule has 1 saturated heterocycles. The molecule has 0 spiro atoms. The Morgan fingerprint density at radius 3 is 2.61 bits per heavy atom. The molecule has 2 aliphatic heterocycles. The van der Waals surface area contributed by atoms with Crippen LogP contribution >= 0.6 is 0 Å². The third-order valence-corrected chi connectivity index (χ3v) is 8.36. The summed E-state index contributed by atoms with van der Waals surface area (Å²) in [5.74, 6) is -0.535. The quantitative estimate of drug-likeness (QED) is 0.184. The average molecular weight is 593 g/mol. The molecule has 2 amide bonds. The van der Waals surface area contributed by atoms with Gasteiger partial charge in [-0.1, -0.05) is 30.3 Å². The third-order valence-electron chi connectivity index (χ3n) is 8.36. The molecular weight excluding hydrogens is 556 g/mol. The lowest BCUT2D eigenvalue weighted by molar-refractivity contribution is -0.121. The van der Waals surface area contributed by atoms with E-state index in [4.69, 9.17) is 16.6 Å². The minimum atomic E-state index is -0.475. The van der Waals surface area contributed by atoms with E-state index < -0.39 is 5.91 Å². The van der Waals surface area contributed by atoms with Crippen LogP contribution in [0.4, 0.5) is 11.4 Å². The number of hydrogen-bond acceptors (Lipinski definition) is 9. The molecule has 2 aromatic carbocycles. The zero-order valence-electron chi connectivity index (χ0n) is 24.8. The van der Waals surface area contributed by atoms with Crippen molar-refractivity contribution in [2.45, 2.75) is 32.0 Å². The molecule has 3 aliphatic rings. The van der Waals surface area contributed by atoms with Crippen LogP contribution in [0.5, 0.6) is 0 Å². The second-order valence-electron chi connectivity index (χ2n) is 11.5. The van der Waals surface area contributed by atoms with Gasteiger partial charge >= 0.3 is 0 Å². The summed E-state index contributed by atoms with van der Waals surface area (Å²) in [6.07, 6.45) is 5.09. The number of aromatic nitrogens is 2. The predicted octanol–water partition coefficient (Wildman–Crippen LogP) is 2.08. The van der Waals surface area contributed by atoms with Crippen LogP contribution in [0.25, 0.3) is 11.1 Å². The highest BCUT2D eigenvalue weighted by molar-refractivity contribution is 5.96. The molecule has 0 radical (unpaired) electrons. The van der Waals surface area contributed by atoms with Gasteiger partial charge in [-0.2, -0.15) is 10.4 Å². The van der Waals surface area contributed by atoms with Crippen LogP contribution < -0.4 is 32.3 Å². The van der Waals surface area contributed by atoms with Gasteiger partial charge in [-0.25, -0.2) is 0 Å². The smallest absolute Gasteiger partial charge is 0.269 e. The van der Waals surface area contributed by atoms with Gasteiger partial charge in [0.2, 0.25) is 5.91 Å². The molecule has 3 heterocycles. The van der Waals surface area contributed by atoms with Crippen LogP contribution in [0.2, 0.25) is 0 Å². The number of carbonyl (C=O) groups excluding carboxylic acids is 2. The maximum absolute atomic E-state index is 12.5. The van der Waals surface area contributed by atoms with Crippen molar-refractivity contribution in [1.82, 2.24) is 25.3 Å². The number of para-hydroxylation sites is 1. The van der Waals surface area contributed by atoms with E-state index in [1.165, 1.54) is 13.1 Å². The van der Waals surface area contributed by atoms with E-state index in [2.05, 4.69) is 42.6 Å². The molecule has 1 aliphatic carbocycles. The molecule has 0 unspecified atom stereocenters. The first-order valence-corrected chi connectivity index (χ1v) is 14.7. The lowest BCUT2D eigenvalue weighted by atomic mass is 9.97. The Bertz CT molecular complexity index is 1720. The lowest BCUT2D eigenvalue weighted by Crippen LogP contribution is -2.48. The van der Waals surface area contributed by atoms with Crippen LogP contribution in [0.1, 0.15) is 35.7 Å². The van der Waals surface area contributed by atoms with Gasteiger partial charge in [-0.15, -0.1) is 0 Å². The number of nitrogens with one attached hydrogen (secondary N) is 3.